The fraction of sp³-hybridized carbons (Fsp3) is 0.526. The Morgan fingerprint density at radius 2 is 2.00 bits per heavy atom. The van der Waals surface area contributed by atoms with Crippen LogP contribution in [0.4, 0.5) is 5.82 Å². The van der Waals surface area contributed by atoms with Gasteiger partial charge in [-0.15, -0.1) is 35.3 Å². The summed E-state index contributed by atoms with van der Waals surface area (Å²) in [6.45, 7) is 8.97. The maximum atomic E-state index is 4.57. The molecule has 0 bridgehead atoms. The zero-order valence-corrected chi connectivity index (χ0v) is 19.6. The number of nitrogens with zero attached hydrogens (tertiary/aromatic N) is 4. The van der Waals surface area contributed by atoms with Crippen LogP contribution in [0.15, 0.2) is 23.3 Å². The molecule has 1 aliphatic rings. The van der Waals surface area contributed by atoms with E-state index in [1.54, 1.807) is 11.3 Å². The molecule has 0 atom stereocenters. The molecule has 148 valence electrons. The van der Waals surface area contributed by atoms with Crippen molar-refractivity contribution in [2.24, 2.45) is 4.99 Å². The third-order valence-electron chi connectivity index (χ3n) is 4.76. The number of aromatic nitrogens is 2. The van der Waals surface area contributed by atoms with Crippen molar-refractivity contribution in [3.05, 3.63) is 39.5 Å². The van der Waals surface area contributed by atoms with Crippen LogP contribution < -0.4 is 15.5 Å². The maximum absolute atomic E-state index is 4.57. The average Bonchev–Trinajstić information content (AvgIpc) is 2.97. The van der Waals surface area contributed by atoms with E-state index in [0.29, 0.717) is 12.6 Å². The number of aliphatic imine (C=N–C) groups is 1. The van der Waals surface area contributed by atoms with Gasteiger partial charge in [-0.1, -0.05) is 6.07 Å². The summed E-state index contributed by atoms with van der Waals surface area (Å²) in [6, 6.07) is 4.67. The number of pyridine rings is 1. The van der Waals surface area contributed by atoms with Crippen LogP contribution in [0.3, 0.4) is 0 Å². The Hall–Kier alpha value is -1.42. The average molecular weight is 500 g/mol. The van der Waals surface area contributed by atoms with E-state index in [0.717, 1.165) is 48.4 Å². The minimum atomic E-state index is 0. The number of nitrogens with one attached hydrogen (secondary N) is 2. The van der Waals surface area contributed by atoms with Gasteiger partial charge in [0.1, 0.15) is 10.8 Å². The molecule has 0 radical (unpaired) electrons. The monoisotopic (exact) mass is 500 g/mol. The summed E-state index contributed by atoms with van der Waals surface area (Å²) in [5.41, 5.74) is 2.32. The van der Waals surface area contributed by atoms with Gasteiger partial charge in [-0.25, -0.2) is 9.97 Å². The molecule has 0 unspecified atom stereocenters. The van der Waals surface area contributed by atoms with Crippen molar-refractivity contribution < 1.29 is 0 Å². The smallest absolute Gasteiger partial charge is 0.191 e. The second-order valence-corrected chi connectivity index (χ2v) is 8.06. The molecule has 0 saturated carbocycles. The molecule has 27 heavy (non-hydrogen) atoms. The highest BCUT2D eigenvalue weighted by molar-refractivity contribution is 14.0. The van der Waals surface area contributed by atoms with Crippen LogP contribution in [0.25, 0.3) is 0 Å². The predicted molar refractivity (Wildman–Crippen MR) is 125 cm³/mol. The molecule has 0 aliphatic carbocycles. The van der Waals surface area contributed by atoms with E-state index in [4.69, 9.17) is 0 Å². The van der Waals surface area contributed by atoms with Crippen molar-refractivity contribution in [3.63, 3.8) is 0 Å². The van der Waals surface area contributed by atoms with Crippen LogP contribution in [0.2, 0.25) is 0 Å². The van der Waals surface area contributed by atoms with E-state index < -0.39 is 0 Å². The third kappa shape index (κ3) is 6.03. The minimum Gasteiger partial charge on any atom is -0.356 e. The van der Waals surface area contributed by atoms with Gasteiger partial charge in [-0.05, 0) is 45.2 Å². The second-order valence-electron chi connectivity index (χ2n) is 6.77. The Morgan fingerprint density at radius 3 is 2.56 bits per heavy atom. The topological polar surface area (TPSA) is 65.4 Å². The summed E-state index contributed by atoms with van der Waals surface area (Å²) in [4.78, 5) is 17.1. The highest BCUT2D eigenvalue weighted by Crippen LogP contribution is 2.18. The Balaban J connectivity index is 0.00000261. The molecule has 2 N–H and O–H groups in total. The molecule has 0 amide bonds. The minimum absolute atomic E-state index is 0. The highest BCUT2D eigenvalue weighted by Gasteiger charge is 2.21. The molecule has 8 heteroatoms. The Bertz CT molecular complexity index is 731. The zero-order chi connectivity index (χ0) is 18.5. The van der Waals surface area contributed by atoms with E-state index >= 15 is 0 Å². The molecule has 0 spiro atoms. The van der Waals surface area contributed by atoms with Crippen molar-refractivity contribution in [3.8, 4) is 0 Å². The molecule has 0 aromatic carbocycles. The lowest BCUT2D eigenvalue weighted by Gasteiger charge is -2.33. The highest BCUT2D eigenvalue weighted by atomic mass is 127. The van der Waals surface area contributed by atoms with Crippen molar-refractivity contribution in [1.82, 2.24) is 20.6 Å². The number of halogens is 1. The first kappa shape index (κ1) is 21.9. The van der Waals surface area contributed by atoms with Crippen LogP contribution in [0.5, 0.6) is 0 Å². The first-order valence-corrected chi connectivity index (χ1v) is 9.94. The van der Waals surface area contributed by atoms with Crippen LogP contribution in [-0.4, -0.2) is 42.1 Å². The van der Waals surface area contributed by atoms with Crippen LogP contribution in [0, 0.1) is 20.8 Å². The quantitative estimate of drug-likeness (QED) is 0.383. The number of guanidine groups is 1. The number of piperidine rings is 1. The lowest BCUT2D eigenvalue weighted by atomic mass is 10.1. The van der Waals surface area contributed by atoms with Gasteiger partial charge in [-0.2, -0.15) is 0 Å². The van der Waals surface area contributed by atoms with E-state index in [9.17, 15) is 0 Å². The molecule has 3 heterocycles. The number of thiazole rings is 1. The van der Waals surface area contributed by atoms with Crippen molar-refractivity contribution in [2.45, 2.75) is 46.2 Å². The van der Waals surface area contributed by atoms with Gasteiger partial charge in [0.2, 0.25) is 0 Å². The number of aryl methyl sites for hydroxylation is 3. The standard InChI is InChI=1S/C19H28N6S.HI/c1-13-5-6-17(21-11-13)25-9-7-16(8-10-25)24-19(20-4)22-12-18-23-14(2)15(3)26-18;/h5-6,11,16H,7-10,12H2,1-4H3,(H2,20,22,24);1H. The van der Waals surface area contributed by atoms with Gasteiger partial charge >= 0.3 is 0 Å². The second kappa shape index (κ2) is 10.2. The fourth-order valence-electron chi connectivity index (χ4n) is 3.06. The van der Waals surface area contributed by atoms with Gasteiger partial charge in [0, 0.05) is 37.3 Å². The van der Waals surface area contributed by atoms with E-state index in [2.05, 4.69) is 63.4 Å². The number of hydrogen-bond acceptors (Lipinski definition) is 5. The van der Waals surface area contributed by atoms with Gasteiger partial charge in [0.15, 0.2) is 5.96 Å². The van der Waals surface area contributed by atoms with Crippen LogP contribution in [0.1, 0.15) is 34.0 Å². The number of rotatable bonds is 4. The van der Waals surface area contributed by atoms with E-state index in [1.165, 1.54) is 10.4 Å². The first-order chi connectivity index (χ1) is 12.5. The molecule has 6 nitrogen and oxygen atoms in total. The Kier molecular flexibility index (Phi) is 8.28. The molecule has 1 saturated heterocycles. The summed E-state index contributed by atoms with van der Waals surface area (Å²) in [5.74, 6) is 1.92. The molecular weight excluding hydrogens is 471 g/mol. The molecule has 1 aliphatic heterocycles. The number of anilines is 1. The summed E-state index contributed by atoms with van der Waals surface area (Å²) >= 11 is 1.74. The molecular formula is C19H29IN6S. The molecule has 2 aromatic rings. The zero-order valence-electron chi connectivity index (χ0n) is 16.5. The van der Waals surface area contributed by atoms with Crippen molar-refractivity contribution >= 4 is 47.1 Å². The number of hydrogen-bond donors (Lipinski definition) is 2. The summed E-state index contributed by atoms with van der Waals surface area (Å²) in [7, 11) is 1.82. The van der Waals surface area contributed by atoms with Crippen LogP contribution in [-0.2, 0) is 6.54 Å². The summed E-state index contributed by atoms with van der Waals surface area (Å²) in [5, 5.41) is 8.03. The molecule has 3 rings (SSSR count). The van der Waals surface area contributed by atoms with Gasteiger partial charge < -0.3 is 15.5 Å². The van der Waals surface area contributed by atoms with Crippen LogP contribution >= 0.6 is 35.3 Å². The third-order valence-corrected chi connectivity index (χ3v) is 5.83. The van der Waals surface area contributed by atoms with E-state index in [1.807, 2.05) is 13.2 Å². The molecule has 2 aromatic heterocycles. The largest absolute Gasteiger partial charge is 0.356 e. The SMILES string of the molecule is CN=C(NCc1nc(C)c(C)s1)NC1CCN(c2ccc(C)cn2)CC1.I. The fourth-order valence-corrected chi connectivity index (χ4v) is 3.94. The summed E-state index contributed by atoms with van der Waals surface area (Å²) < 4.78 is 0. The van der Waals surface area contributed by atoms with E-state index in [-0.39, 0.29) is 24.0 Å². The lowest BCUT2D eigenvalue weighted by Crippen LogP contribution is -2.48. The lowest BCUT2D eigenvalue weighted by molar-refractivity contribution is 0.459. The Morgan fingerprint density at radius 1 is 1.26 bits per heavy atom. The van der Waals surface area contributed by atoms with Gasteiger partial charge in [0.25, 0.3) is 0 Å². The maximum Gasteiger partial charge on any atom is 0.191 e. The normalized spacial score (nSPS) is 15.4. The Labute approximate surface area is 182 Å². The summed E-state index contributed by atoms with van der Waals surface area (Å²) in [6.07, 6.45) is 4.09. The molecule has 1 fully saturated rings. The predicted octanol–water partition coefficient (Wildman–Crippen LogP) is 3.42. The van der Waals surface area contributed by atoms with Crippen molar-refractivity contribution in [2.75, 3.05) is 25.0 Å². The van der Waals surface area contributed by atoms with Crippen molar-refractivity contribution in [1.29, 1.82) is 0 Å². The van der Waals surface area contributed by atoms with Gasteiger partial charge in [-0.3, -0.25) is 4.99 Å². The first-order valence-electron chi connectivity index (χ1n) is 9.13. The van der Waals surface area contributed by atoms with Gasteiger partial charge in [0.05, 0.1) is 12.2 Å².